The highest BCUT2D eigenvalue weighted by Crippen LogP contribution is 2.33. The minimum Gasteiger partial charge on any atom is -0.467 e. The fourth-order valence-corrected chi connectivity index (χ4v) is 3.94. The minimum absolute atomic E-state index is 0.337. The van der Waals surface area contributed by atoms with Gasteiger partial charge < -0.3 is 4.74 Å². The third kappa shape index (κ3) is 3.46. The van der Waals surface area contributed by atoms with Gasteiger partial charge in [0.05, 0.1) is 12.8 Å². The molecular weight excluding hydrogens is 324 g/mol. The van der Waals surface area contributed by atoms with E-state index in [2.05, 4.69) is 4.74 Å². The Kier molecular flexibility index (Phi) is 4.84. The third-order valence-electron chi connectivity index (χ3n) is 3.07. The van der Waals surface area contributed by atoms with Crippen molar-refractivity contribution < 1.29 is 17.9 Å². The lowest BCUT2D eigenvalue weighted by molar-refractivity contribution is -0.141. The first-order valence-corrected chi connectivity index (χ1v) is 8.77. The third-order valence-corrected chi connectivity index (χ3v) is 5.11. The molecule has 1 unspecified atom stereocenters. The molecule has 2 N–H and O–H groups in total. The minimum atomic E-state index is -4.10. The number of ether oxygens (including phenoxy) is 1. The van der Waals surface area contributed by atoms with Crippen molar-refractivity contribution in [3.8, 4) is 10.4 Å². The van der Waals surface area contributed by atoms with Gasteiger partial charge in [0.15, 0.2) is 0 Å². The first-order chi connectivity index (χ1) is 10.3. The van der Waals surface area contributed by atoms with Crippen LogP contribution in [-0.4, -0.2) is 27.5 Å². The molecule has 0 fully saturated rings. The van der Waals surface area contributed by atoms with Crippen LogP contribution >= 0.6 is 11.3 Å². The van der Waals surface area contributed by atoms with Gasteiger partial charge in [0.2, 0.25) is 0 Å². The number of hydrogen-bond donors (Lipinski definition) is 1. The molecule has 0 aliphatic carbocycles. The van der Waals surface area contributed by atoms with Crippen LogP contribution in [0.25, 0.3) is 10.4 Å². The summed E-state index contributed by atoms with van der Waals surface area (Å²) in [7, 11) is -2.90. The predicted molar refractivity (Wildman–Crippen MR) is 86.8 cm³/mol. The van der Waals surface area contributed by atoms with Crippen molar-refractivity contribution in [2.75, 3.05) is 11.4 Å². The van der Waals surface area contributed by atoms with Crippen LogP contribution in [0, 0.1) is 0 Å². The summed E-state index contributed by atoms with van der Waals surface area (Å²) in [6.07, 6.45) is 0. The molecule has 0 bridgehead atoms. The number of nitrogens with zero attached hydrogens (tertiary/aromatic N) is 1. The number of hydrogen-bond acceptors (Lipinski definition) is 5. The monoisotopic (exact) mass is 340 g/mol. The second-order valence-electron chi connectivity index (χ2n) is 4.58. The van der Waals surface area contributed by atoms with Crippen molar-refractivity contribution in [2.45, 2.75) is 13.0 Å². The van der Waals surface area contributed by atoms with Crippen molar-refractivity contribution in [3.05, 3.63) is 41.8 Å². The van der Waals surface area contributed by atoms with E-state index < -0.39 is 22.2 Å². The van der Waals surface area contributed by atoms with Crippen molar-refractivity contribution in [1.82, 2.24) is 0 Å². The van der Waals surface area contributed by atoms with Gasteiger partial charge in [-0.05, 0) is 18.6 Å². The number of benzene rings is 1. The number of methoxy groups -OCH3 is 1. The van der Waals surface area contributed by atoms with Gasteiger partial charge in [0, 0.05) is 10.3 Å². The lowest BCUT2D eigenvalue weighted by atomic mass is 10.2. The molecule has 0 amide bonds. The lowest BCUT2D eigenvalue weighted by Crippen LogP contribution is -2.47. The Hall–Kier alpha value is -1.90. The van der Waals surface area contributed by atoms with E-state index in [1.54, 1.807) is 11.4 Å². The molecule has 0 saturated carbocycles. The summed E-state index contributed by atoms with van der Waals surface area (Å²) >= 11 is 1.37. The van der Waals surface area contributed by atoms with Gasteiger partial charge in [-0.3, -0.25) is 0 Å². The summed E-state index contributed by atoms with van der Waals surface area (Å²) in [4.78, 5) is 12.5. The van der Waals surface area contributed by atoms with Gasteiger partial charge in [-0.1, -0.05) is 30.3 Å². The van der Waals surface area contributed by atoms with Gasteiger partial charge in [-0.2, -0.15) is 8.42 Å². The molecule has 1 atom stereocenters. The van der Waals surface area contributed by atoms with E-state index >= 15 is 0 Å². The topological polar surface area (TPSA) is 89.7 Å². The van der Waals surface area contributed by atoms with Gasteiger partial charge in [-0.15, -0.1) is 11.3 Å². The molecule has 0 aliphatic rings. The fraction of sp³-hybridized carbons (Fsp3) is 0.214. The Balaban J connectivity index is 2.42. The Labute approximate surface area is 133 Å². The second-order valence-corrected chi connectivity index (χ2v) is 6.91. The quantitative estimate of drug-likeness (QED) is 0.843. The Morgan fingerprint density at radius 2 is 1.95 bits per heavy atom. The highest BCUT2D eigenvalue weighted by atomic mass is 32.2. The van der Waals surface area contributed by atoms with E-state index in [1.165, 1.54) is 25.4 Å². The van der Waals surface area contributed by atoms with Crippen LogP contribution in [0.1, 0.15) is 6.92 Å². The standard InChI is InChI=1S/C14H16N2O4S2/c1-10(14(17)20-2)16(22(15,18)19)12-8-13(21-9-12)11-6-4-3-5-7-11/h3-10H,1-2H3,(H2,15,18,19). The number of carbonyl (C=O) groups excluding carboxylic acids is 1. The molecule has 1 aromatic heterocycles. The normalized spacial score (nSPS) is 12.7. The first-order valence-electron chi connectivity index (χ1n) is 6.38. The number of rotatable bonds is 5. The summed E-state index contributed by atoms with van der Waals surface area (Å²) < 4.78 is 29.1. The van der Waals surface area contributed by atoms with Crippen molar-refractivity contribution in [3.63, 3.8) is 0 Å². The largest absolute Gasteiger partial charge is 0.467 e. The Bertz CT molecular complexity index is 756. The molecule has 118 valence electrons. The van der Waals surface area contributed by atoms with Gasteiger partial charge >= 0.3 is 5.97 Å². The average molecular weight is 340 g/mol. The number of carbonyl (C=O) groups is 1. The van der Waals surface area contributed by atoms with Gasteiger partial charge in [0.25, 0.3) is 10.2 Å². The maximum atomic E-state index is 11.8. The van der Waals surface area contributed by atoms with Crippen LogP contribution in [0.15, 0.2) is 41.8 Å². The molecular formula is C14H16N2O4S2. The van der Waals surface area contributed by atoms with Gasteiger partial charge in [0.1, 0.15) is 6.04 Å². The zero-order valence-corrected chi connectivity index (χ0v) is 13.7. The number of esters is 1. The predicted octanol–water partition coefficient (Wildman–Crippen LogP) is 1.99. The summed E-state index contributed by atoms with van der Waals surface area (Å²) in [6.45, 7) is 1.43. The smallest absolute Gasteiger partial charge is 0.329 e. The van der Waals surface area contributed by atoms with E-state index in [0.717, 1.165) is 14.7 Å². The summed E-state index contributed by atoms with van der Waals surface area (Å²) in [5.41, 5.74) is 1.29. The van der Waals surface area contributed by atoms with E-state index in [-0.39, 0.29) is 0 Å². The number of nitrogens with two attached hydrogens (primary N) is 1. The molecule has 2 rings (SSSR count). The summed E-state index contributed by atoms with van der Waals surface area (Å²) in [6, 6.07) is 10.2. The molecule has 8 heteroatoms. The van der Waals surface area contributed by atoms with E-state index in [4.69, 9.17) is 5.14 Å². The molecule has 0 radical (unpaired) electrons. The van der Waals surface area contributed by atoms with Crippen LogP contribution in [0.3, 0.4) is 0 Å². The maximum absolute atomic E-state index is 11.8. The molecule has 0 spiro atoms. The lowest BCUT2D eigenvalue weighted by Gasteiger charge is -2.25. The van der Waals surface area contributed by atoms with E-state index in [0.29, 0.717) is 5.69 Å². The number of anilines is 1. The Morgan fingerprint density at radius 3 is 2.50 bits per heavy atom. The molecule has 1 heterocycles. The average Bonchev–Trinajstić information content (AvgIpc) is 2.95. The maximum Gasteiger partial charge on any atom is 0.329 e. The summed E-state index contributed by atoms with van der Waals surface area (Å²) in [5, 5.41) is 6.89. The molecule has 1 aromatic carbocycles. The van der Waals surface area contributed by atoms with Crippen LogP contribution < -0.4 is 9.44 Å². The van der Waals surface area contributed by atoms with Crippen LogP contribution in [0.4, 0.5) is 5.69 Å². The van der Waals surface area contributed by atoms with Crippen molar-refractivity contribution >= 4 is 33.2 Å². The van der Waals surface area contributed by atoms with Crippen LogP contribution in [0.2, 0.25) is 0 Å². The Morgan fingerprint density at radius 1 is 1.32 bits per heavy atom. The molecule has 0 aliphatic heterocycles. The van der Waals surface area contributed by atoms with Crippen LogP contribution in [-0.2, 0) is 19.7 Å². The van der Waals surface area contributed by atoms with Crippen molar-refractivity contribution in [1.29, 1.82) is 0 Å². The first kappa shape index (κ1) is 16.5. The van der Waals surface area contributed by atoms with Crippen LogP contribution in [0.5, 0.6) is 0 Å². The molecule has 6 nitrogen and oxygen atoms in total. The SMILES string of the molecule is COC(=O)C(C)N(c1csc(-c2ccccc2)c1)S(N)(=O)=O. The van der Waals surface area contributed by atoms with Gasteiger partial charge in [-0.25, -0.2) is 14.2 Å². The van der Waals surface area contributed by atoms with Crippen molar-refractivity contribution in [2.24, 2.45) is 5.14 Å². The zero-order valence-electron chi connectivity index (χ0n) is 12.1. The van der Waals surface area contributed by atoms with E-state index in [1.807, 2.05) is 30.3 Å². The second kappa shape index (κ2) is 6.47. The highest BCUT2D eigenvalue weighted by molar-refractivity contribution is 7.90. The molecule has 22 heavy (non-hydrogen) atoms. The molecule has 0 saturated heterocycles. The molecule has 2 aromatic rings. The highest BCUT2D eigenvalue weighted by Gasteiger charge is 2.31. The number of thiophene rings is 1. The van der Waals surface area contributed by atoms with E-state index in [9.17, 15) is 13.2 Å². The fourth-order valence-electron chi connectivity index (χ4n) is 2.05. The summed E-state index contributed by atoms with van der Waals surface area (Å²) in [5.74, 6) is -0.679. The zero-order chi connectivity index (χ0) is 16.3.